The Kier molecular flexibility index (Phi) is 1.89. The third-order valence-corrected chi connectivity index (χ3v) is 2.25. The van der Waals surface area contributed by atoms with Crippen molar-refractivity contribution < 1.29 is 0 Å². The maximum absolute atomic E-state index is 7.00. The van der Waals surface area contributed by atoms with Crippen molar-refractivity contribution >= 4 is 11.5 Å². The van der Waals surface area contributed by atoms with E-state index in [1.165, 1.54) is 0 Å². The van der Waals surface area contributed by atoms with E-state index in [0.717, 1.165) is 18.0 Å². The topological polar surface area (TPSA) is 44.4 Å². The average molecular weight is 177 g/mol. The van der Waals surface area contributed by atoms with Gasteiger partial charge in [0, 0.05) is 0 Å². The first-order chi connectivity index (χ1) is 6.36. The molecule has 2 aliphatic rings. The van der Waals surface area contributed by atoms with Gasteiger partial charge < -0.3 is 0 Å². The van der Waals surface area contributed by atoms with E-state index in [0.29, 0.717) is 13.2 Å². The molecule has 2 rings (SSSR count). The van der Waals surface area contributed by atoms with Gasteiger partial charge in [-0.25, -0.2) is 6.57 Å². The van der Waals surface area contributed by atoms with Crippen LogP contribution in [0.3, 0.4) is 0 Å². The summed E-state index contributed by atoms with van der Waals surface area (Å²) in [7, 11) is 0. The lowest BCUT2D eigenvalue weighted by atomic mass is 10.2. The first-order valence-electron chi connectivity index (χ1n) is 4.34. The van der Waals surface area contributed by atoms with Crippen LogP contribution in [-0.4, -0.2) is 35.8 Å². The molecule has 0 spiro atoms. The molecule has 5 nitrogen and oxygen atoms in total. The van der Waals surface area contributed by atoms with Gasteiger partial charge in [0.1, 0.15) is 13.2 Å². The van der Waals surface area contributed by atoms with Crippen LogP contribution in [-0.2, 0) is 0 Å². The highest BCUT2D eigenvalue weighted by molar-refractivity contribution is 6.42. The molecular formula is C8H11N5. The fraction of sp³-hybridized carbons (Fsp3) is 0.625. The maximum atomic E-state index is 7.00. The van der Waals surface area contributed by atoms with Gasteiger partial charge in [-0.2, -0.15) is 5.10 Å². The first kappa shape index (κ1) is 8.05. The van der Waals surface area contributed by atoms with Gasteiger partial charge in [-0.05, 0) is 6.42 Å². The molecule has 0 aromatic heterocycles. The van der Waals surface area contributed by atoms with E-state index in [2.05, 4.69) is 27.3 Å². The van der Waals surface area contributed by atoms with Crippen LogP contribution in [0, 0.1) is 6.57 Å². The Hall–Kier alpha value is -1.57. The summed E-state index contributed by atoms with van der Waals surface area (Å²) in [5.41, 5.74) is 3.89. The minimum Gasteiger partial charge on any atom is -0.288 e. The monoisotopic (exact) mass is 177 g/mol. The molecule has 1 unspecified atom stereocenters. The van der Waals surface area contributed by atoms with Gasteiger partial charge in [0.2, 0.25) is 0 Å². The normalized spacial score (nSPS) is 25.5. The lowest BCUT2D eigenvalue weighted by Crippen LogP contribution is -2.45. The van der Waals surface area contributed by atoms with Crippen molar-refractivity contribution in [1.82, 2.24) is 10.3 Å². The van der Waals surface area contributed by atoms with Crippen LogP contribution in [0.1, 0.15) is 13.3 Å². The fourth-order valence-corrected chi connectivity index (χ4v) is 1.54. The zero-order valence-electron chi connectivity index (χ0n) is 7.49. The standard InChI is InChI=1S/C8H11N5/c1-3-6-8-12-11-5-13(8)7(9-2)4-10-6/h7,11H,3-5H2,1H3. The number of aliphatic imine (C=N–C) groups is 1. The molecule has 1 atom stereocenters. The van der Waals surface area contributed by atoms with Crippen molar-refractivity contribution in [3.63, 3.8) is 0 Å². The highest BCUT2D eigenvalue weighted by Crippen LogP contribution is 2.14. The number of hydrogen-bond acceptors (Lipinski definition) is 4. The second-order valence-electron chi connectivity index (χ2n) is 2.97. The van der Waals surface area contributed by atoms with Crippen molar-refractivity contribution in [3.8, 4) is 0 Å². The molecular weight excluding hydrogens is 166 g/mol. The minimum absolute atomic E-state index is 0.163. The largest absolute Gasteiger partial charge is 0.320 e. The molecule has 2 aliphatic heterocycles. The van der Waals surface area contributed by atoms with Crippen LogP contribution in [0.25, 0.3) is 4.85 Å². The summed E-state index contributed by atoms with van der Waals surface area (Å²) in [6.07, 6.45) is 0.714. The summed E-state index contributed by atoms with van der Waals surface area (Å²) >= 11 is 0. The predicted octanol–water partition coefficient (Wildman–Crippen LogP) is 0.273. The quantitative estimate of drug-likeness (QED) is 0.584. The second-order valence-corrected chi connectivity index (χ2v) is 2.97. The number of hydrogen-bond donors (Lipinski definition) is 1. The molecule has 2 heterocycles. The van der Waals surface area contributed by atoms with Crippen LogP contribution < -0.4 is 5.43 Å². The number of nitrogens with one attached hydrogen (secondary N) is 1. The third kappa shape index (κ3) is 1.15. The van der Waals surface area contributed by atoms with E-state index >= 15 is 0 Å². The van der Waals surface area contributed by atoms with Crippen molar-refractivity contribution in [2.45, 2.75) is 19.5 Å². The van der Waals surface area contributed by atoms with Crippen LogP contribution in [0.15, 0.2) is 10.1 Å². The van der Waals surface area contributed by atoms with E-state index in [4.69, 9.17) is 6.57 Å². The van der Waals surface area contributed by atoms with Crippen molar-refractivity contribution in [3.05, 3.63) is 11.4 Å². The Morgan fingerprint density at radius 3 is 3.31 bits per heavy atom. The summed E-state index contributed by atoms with van der Waals surface area (Å²) in [4.78, 5) is 9.81. The smallest absolute Gasteiger partial charge is 0.288 e. The van der Waals surface area contributed by atoms with Crippen molar-refractivity contribution in [2.24, 2.45) is 10.1 Å². The van der Waals surface area contributed by atoms with Gasteiger partial charge in [0.15, 0.2) is 5.84 Å². The lowest BCUT2D eigenvalue weighted by molar-refractivity contribution is 0.365. The molecule has 0 bridgehead atoms. The number of nitrogens with zero attached hydrogens (tertiary/aromatic N) is 4. The zero-order valence-corrected chi connectivity index (χ0v) is 7.49. The van der Waals surface area contributed by atoms with E-state index in [1.54, 1.807) is 0 Å². The second kappa shape index (κ2) is 3.05. The van der Waals surface area contributed by atoms with Crippen LogP contribution in [0.5, 0.6) is 0 Å². The summed E-state index contributed by atoms with van der Waals surface area (Å²) in [5.74, 6) is 0.856. The molecule has 68 valence electrons. The van der Waals surface area contributed by atoms with E-state index in [9.17, 15) is 0 Å². The number of fused-ring (bicyclic) bond motifs is 1. The molecule has 0 aromatic carbocycles. The Bertz CT molecular complexity index is 311. The predicted molar refractivity (Wildman–Crippen MR) is 50.3 cm³/mol. The van der Waals surface area contributed by atoms with Gasteiger partial charge in [0.05, 0.1) is 5.71 Å². The molecule has 0 fully saturated rings. The van der Waals surface area contributed by atoms with Gasteiger partial charge in [-0.3, -0.25) is 20.2 Å². The molecule has 13 heavy (non-hydrogen) atoms. The summed E-state index contributed by atoms with van der Waals surface area (Å²) < 4.78 is 0. The highest BCUT2D eigenvalue weighted by Gasteiger charge is 2.35. The lowest BCUT2D eigenvalue weighted by Gasteiger charge is -2.24. The van der Waals surface area contributed by atoms with Crippen molar-refractivity contribution in [2.75, 3.05) is 13.2 Å². The molecule has 0 aliphatic carbocycles. The Balaban J connectivity index is 2.30. The van der Waals surface area contributed by atoms with Gasteiger partial charge >= 0.3 is 6.17 Å². The van der Waals surface area contributed by atoms with Gasteiger partial charge in [0.25, 0.3) is 0 Å². The van der Waals surface area contributed by atoms with Gasteiger partial charge in [-0.1, -0.05) is 6.92 Å². The molecule has 0 radical (unpaired) electrons. The maximum Gasteiger partial charge on any atom is 0.320 e. The van der Waals surface area contributed by atoms with Crippen molar-refractivity contribution in [1.29, 1.82) is 0 Å². The SMILES string of the molecule is [C-]#[N+]C1CN=C(CC)C2=NNCN21. The number of amidine groups is 1. The zero-order chi connectivity index (χ0) is 9.26. The third-order valence-electron chi connectivity index (χ3n) is 2.25. The van der Waals surface area contributed by atoms with E-state index < -0.39 is 0 Å². The van der Waals surface area contributed by atoms with Crippen LogP contribution in [0.4, 0.5) is 0 Å². The molecule has 0 amide bonds. The van der Waals surface area contributed by atoms with E-state index in [-0.39, 0.29) is 6.17 Å². The van der Waals surface area contributed by atoms with E-state index in [1.807, 2.05) is 4.90 Å². The summed E-state index contributed by atoms with van der Waals surface area (Å²) in [6.45, 7) is 10.3. The summed E-state index contributed by atoms with van der Waals surface area (Å²) in [5, 5.41) is 4.13. The average Bonchev–Trinajstić information content (AvgIpc) is 2.64. The molecule has 0 saturated carbocycles. The van der Waals surface area contributed by atoms with Crippen LogP contribution >= 0.6 is 0 Å². The molecule has 1 N–H and O–H groups in total. The Morgan fingerprint density at radius 2 is 2.62 bits per heavy atom. The van der Waals surface area contributed by atoms with Gasteiger partial charge in [-0.15, -0.1) is 0 Å². The number of hydrazone groups is 1. The minimum atomic E-state index is -0.163. The van der Waals surface area contributed by atoms with Crippen LogP contribution in [0.2, 0.25) is 0 Å². The Labute approximate surface area is 77.0 Å². The molecule has 0 aromatic rings. The first-order valence-corrected chi connectivity index (χ1v) is 4.34. The highest BCUT2D eigenvalue weighted by atomic mass is 15.5. The molecule has 5 heteroatoms. The Morgan fingerprint density at radius 1 is 1.77 bits per heavy atom. The fourth-order valence-electron chi connectivity index (χ4n) is 1.54. The number of rotatable bonds is 1. The molecule has 0 saturated heterocycles. The summed E-state index contributed by atoms with van der Waals surface area (Å²) in [6, 6.07) is 0.